The second kappa shape index (κ2) is 8.53. The number of fused-ring (bicyclic) bond motifs is 1. The summed E-state index contributed by atoms with van der Waals surface area (Å²) in [4.78, 5) is 24.7. The highest BCUT2D eigenvalue weighted by Gasteiger charge is 2.35. The molecule has 0 saturated carbocycles. The Labute approximate surface area is 170 Å². The molecule has 1 unspecified atom stereocenters. The van der Waals surface area contributed by atoms with Crippen molar-refractivity contribution in [1.82, 2.24) is 5.32 Å². The van der Waals surface area contributed by atoms with Gasteiger partial charge in [0.2, 0.25) is 0 Å². The Balaban J connectivity index is 1.68. The Hall–Kier alpha value is -3.06. The zero-order valence-corrected chi connectivity index (χ0v) is 16.9. The van der Waals surface area contributed by atoms with Crippen LogP contribution in [0.1, 0.15) is 29.5 Å². The van der Waals surface area contributed by atoms with Crippen LogP contribution in [0, 0.1) is 6.92 Å². The number of hydrogen-bond acceptors (Lipinski definition) is 5. The first-order valence-electron chi connectivity index (χ1n) is 9.50. The van der Waals surface area contributed by atoms with Crippen LogP contribution in [0.15, 0.2) is 36.4 Å². The van der Waals surface area contributed by atoms with Gasteiger partial charge in [0.05, 0.1) is 26.5 Å². The first kappa shape index (κ1) is 20.7. The number of anilines is 1. The van der Waals surface area contributed by atoms with Gasteiger partial charge in [0, 0.05) is 0 Å². The van der Waals surface area contributed by atoms with Gasteiger partial charge in [0.25, 0.3) is 0 Å². The van der Waals surface area contributed by atoms with Gasteiger partial charge in [-0.3, -0.25) is 9.59 Å². The summed E-state index contributed by atoms with van der Waals surface area (Å²) < 4.78 is 10.5. The fourth-order valence-electron chi connectivity index (χ4n) is 3.65. The molecule has 0 aromatic heterocycles. The van der Waals surface area contributed by atoms with E-state index < -0.39 is 17.4 Å². The number of ether oxygens (including phenoxy) is 2. The van der Waals surface area contributed by atoms with E-state index in [1.807, 2.05) is 25.1 Å². The van der Waals surface area contributed by atoms with Crippen molar-refractivity contribution in [2.75, 3.05) is 26.1 Å². The molecule has 1 atom stereocenters. The molecule has 2 amide bonds. The minimum atomic E-state index is -1.23. The van der Waals surface area contributed by atoms with Crippen molar-refractivity contribution in [3.8, 4) is 11.5 Å². The Morgan fingerprint density at radius 1 is 1.10 bits per heavy atom. The summed E-state index contributed by atoms with van der Waals surface area (Å²) >= 11 is 0. The van der Waals surface area contributed by atoms with Crippen LogP contribution in [0.2, 0.25) is 0 Å². The highest BCUT2D eigenvalue weighted by Crippen LogP contribution is 2.36. The van der Waals surface area contributed by atoms with Gasteiger partial charge < -0.3 is 25.2 Å². The molecule has 1 aliphatic rings. The molecule has 0 fully saturated rings. The van der Waals surface area contributed by atoms with E-state index in [0.29, 0.717) is 17.9 Å². The molecular weight excluding hydrogens is 372 g/mol. The van der Waals surface area contributed by atoms with Crippen LogP contribution in [0.25, 0.3) is 0 Å². The van der Waals surface area contributed by atoms with E-state index in [4.69, 9.17) is 9.47 Å². The molecule has 3 N–H and O–H groups in total. The fraction of sp³-hybridized carbons (Fsp3) is 0.364. The normalized spacial score (nSPS) is 17.8. The molecule has 29 heavy (non-hydrogen) atoms. The fourth-order valence-corrected chi connectivity index (χ4v) is 3.65. The average molecular weight is 398 g/mol. The smallest absolute Gasteiger partial charge is 0.313 e. The largest absolute Gasteiger partial charge is 0.497 e. The molecule has 0 spiro atoms. The number of carbonyl (C=O) groups excluding carboxylic acids is 2. The Bertz CT molecular complexity index is 927. The Kier molecular flexibility index (Phi) is 6.08. The predicted octanol–water partition coefficient (Wildman–Crippen LogP) is 2.29. The Morgan fingerprint density at radius 3 is 2.62 bits per heavy atom. The molecule has 0 aliphatic heterocycles. The predicted molar refractivity (Wildman–Crippen MR) is 109 cm³/mol. The Morgan fingerprint density at radius 2 is 1.90 bits per heavy atom. The maximum Gasteiger partial charge on any atom is 0.313 e. The number of methoxy groups -OCH3 is 2. The molecule has 2 aromatic carbocycles. The van der Waals surface area contributed by atoms with Crippen LogP contribution in [-0.4, -0.2) is 37.7 Å². The lowest BCUT2D eigenvalue weighted by Crippen LogP contribution is -2.46. The van der Waals surface area contributed by atoms with Crippen molar-refractivity contribution in [2.45, 2.75) is 31.8 Å². The average Bonchev–Trinajstić information content (AvgIpc) is 2.72. The third kappa shape index (κ3) is 4.51. The summed E-state index contributed by atoms with van der Waals surface area (Å²) in [6, 6.07) is 10.8. The maximum absolute atomic E-state index is 12.3. The number of hydrogen-bond donors (Lipinski definition) is 3. The zero-order chi connectivity index (χ0) is 21.0. The maximum atomic E-state index is 12.3. The van der Waals surface area contributed by atoms with Gasteiger partial charge in [0.15, 0.2) is 0 Å². The van der Waals surface area contributed by atoms with Crippen molar-refractivity contribution in [3.63, 3.8) is 0 Å². The molecule has 7 heteroatoms. The number of nitrogens with one attached hydrogen (secondary N) is 2. The molecule has 0 heterocycles. The zero-order valence-electron chi connectivity index (χ0n) is 16.9. The lowest BCUT2D eigenvalue weighted by atomic mass is 9.79. The molecule has 3 rings (SSSR count). The molecular formula is C22H26N2O5. The van der Waals surface area contributed by atoms with Crippen molar-refractivity contribution >= 4 is 17.5 Å². The monoisotopic (exact) mass is 398 g/mol. The third-order valence-corrected chi connectivity index (χ3v) is 5.20. The van der Waals surface area contributed by atoms with E-state index in [2.05, 4.69) is 10.6 Å². The van der Waals surface area contributed by atoms with E-state index in [0.717, 1.165) is 35.3 Å². The van der Waals surface area contributed by atoms with E-state index in [1.165, 1.54) is 7.11 Å². The van der Waals surface area contributed by atoms with Crippen LogP contribution in [-0.2, 0) is 21.6 Å². The molecule has 7 nitrogen and oxygen atoms in total. The van der Waals surface area contributed by atoms with Crippen LogP contribution < -0.4 is 20.1 Å². The van der Waals surface area contributed by atoms with Gasteiger partial charge in [-0.05, 0) is 67.1 Å². The summed E-state index contributed by atoms with van der Waals surface area (Å²) in [5, 5.41) is 16.2. The van der Waals surface area contributed by atoms with Crippen LogP contribution in [0.4, 0.5) is 5.69 Å². The van der Waals surface area contributed by atoms with E-state index in [-0.39, 0.29) is 6.54 Å². The van der Waals surface area contributed by atoms with Crippen LogP contribution in [0.3, 0.4) is 0 Å². The first-order valence-corrected chi connectivity index (χ1v) is 9.50. The van der Waals surface area contributed by atoms with Gasteiger partial charge in [-0.1, -0.05) is 12.1 Å². The third-order valence-electron chi connectivity index (χ3n) is 5.20. The summed E-state index contributed by atoms with van der Waals surface area (Å²) in [5.74, 6) is -0.445. The number of carbonyl (C=O) groups is 2. The number of rotatable bonds is 5. The van der Waals surface area contributed by atoms with Crippen molar-refractivity contribution in [2.24, 2.45) is 0 Å². The standard InChI is InChI=1S/C22H26N2O5/c1-14-6-9-19(29-3)18(11-14)24-21(26)20(25)23-13-22(27)10-4-5-15-12-16(28-2)7-8-17(15)22/h6-9,11-12,27H,4-5,10,13H2,1-3H3,(H,23,25)(H,24,26). The molecule has 154 valence electrons. The topological polar surface area (TPSA) is 96.9 Å². The van der Waals surface area contributed by atoms with Crippen molar-refractivity contribution in [1.29, 1.82) is 0 Å². The highest BCUT2D eigenvalue weighted by molar-refractivity contribution is 6.39. The lowest BCUT2D eigenvalue weighted by molar-refractivity contribution is -0.137. The number of aryl methyl sites for hydroxylation is 2. The summed E-state index contributed by atoms with van der Waals surface area (Å²) in [6.07, 6.45) is 2.11. The van der Waals surface area contributed by atoms with Gasteiger partial charge >= 0.3 is 11.8 Å². The number of amides is 2. The van der Waals surface area contributed by atoms with E-state index in [9.17, 15) is 14.7 Å². The number of benzene rings is 2. The van der Waals surface area contributed by atoms with Gasteiger partial charge in [0.1, 0.15) is 17.1 Å². The molecule has 0 bridgehead atoms. The molecule has 2 aromatic rings. The van der Waals surface area contributed by atoms with Crippen molar-refractivity contribution < 1.29 is 24.2 Å². The van der Waals surface area contributed by atoms with E-state index >= 15 is 0 Å². The van der Waals surface area contributed by atoms with E-state index in [1.54, 1.807) is 25.3 Å². The molecule has 0 radical (unpaired) electrons. The SMILES string of the molecule is COc1ccc2c(c1)CCCC2(O)CNC(=O)C(=O)Nc1cc(C)ccc1OC. The minimum Gasteiger partial charge on any atom is -0.497 e. The second-order valence-electron chi connectivity index (χ2n) is 7.25. The quantitative estimate of drug-likeness (QED) is 0.672. The first-order chi connectivity index (χ1) is 13.9. The second-order valence-corrected chi connectivity index (χ2v) is 7.25. The lowest BCUT2D eigenvalue weighted by Gasteiger charge is -2.34. The van der Waals surface area contributed by atoms with Crippen molar-refractivity contribution in [3.05, 3.63) is 53.1 Å². The summed E-state index contributed by atoms with van der Waals surface area (Å²) in [7, 11) is 3.09. The molecule has 0 saturated heterocycles. The van der Waals surface area contributed by atoms with Crippen LogP contribution in [0.5, 0.6) is 11.5 Å². The highest BCUT2D eigenvalue weighted by atomic mass is 16.5. The van der Waals surface area contributed by atoms with Gasteiger partial charge in [-0.2, -0.15) is 0 Å². The van der Waals surface area contributed by atoms with Gasteiger partial charge in [-0.25, -0.2) is 0 Å². The molecule has 1 aliphatic carbocycles. The number of aliphatic hydroxyl groups is 1. The van der Waals surface area contributed by atoms with Crippen LogP contribution >= 0.6 is 0 Å². The minimum absolute atomic E-state index is 0.0520. The van der Waals surface area contributed by atoms with Gasteiger partial charge in [-0.15, -0.1) is 0 Å². The summed E-state index contributed by atoms with van der Waals surface area (Å²) in [5.41, 5.74) is 1.86. The summed E-state index contributed by atoms with van der Waals surface area (Å²) in [6.45, 7) is 1.82.